The summed E-state index contributed by atoms with van der Waals surface area (Å²) >= 11 is 2.26. The van der Waals surface area contributed by atoms with Crippen molar-refractivity contribution in [3.05, 3.63) is 50.9 Å². The highest BCUT2D eigenvalue weighted by atomic mass is 127. The minimum absolute atomic E-state index is 0.0772. The fourth-order valence-electron chi connectivity index (χ4n) is 4.21. The zero-order valence-corrected chi connectivity index (χ0v) is 18.3. The summed E-state index contributed by atoms with van der Waals surface area (Å²) < 4.78 is 3.13. The van der Waals surface area contributed by atoms with Crippen LogP contribution in [0.15, 0.2) is 30.6 Å². The number of carbonyl (C=O) groups is 2. The van der Waals surface area contributed by atoms with Crippen molar-refractivity contribution >= 4 is 34.4 Å². The first-order chi connectivity index (χ1) is 14.0. The molecule has 3 heterocycles. The minimum atomic E-state index is -0.806. The van der Waals surface area contributed by atoms with Crippen LogP contribution in [0.2, 0.25) is 0 Å². The van der Waals surface area contributed by atoms with E-state index in [1.165, 1.54) is 5.56 Å². The number of aliphatic hydroxyl groups excluding tert-OH is 1. The topological polar surface area (TPSA) is 87.5 Å². The molecule has 0 bridgehead atoms. The van der Waals surface area contributed by atoms with Gasteiger partial charge in [-0.2, -0.15) is 5.10 Å². The number of nitrogens with one attached hydrogen (secondary N) is 1. The molecule has 0 saturated carbocycles. The van der Waals surface area contributed by atoms with E-state index in [1.807, 2.05) is 29.2 Å². The summed E-state index contributed by atoms with van der Waals surface area (Å²) in [5, 5.41) is 16.5. The number of fused-ring (bicyclic) bond motifs is 1. The SMILES string of the molecule is O=C1NC(O)CCC1N1Cc2c(CCCCCn3cc(I)cn3)cccc2C1=O. The van der Waals surface area contributed by atoms with E-state index in [1.54, 1.807) is 4.90 Å². The van der Waals surface area contributed by atoms with Gasteiger partial charge in [-0.3, -0.25) is 14.3 Å². The van der Waals surface area contributed by atoms with Gasteiger partial charge in [-0.05, 0) is 71.9 Å². The van der Waals surface area contributed by atoms with Crippen LogP contribution in [0.5, 0.6) is 0 Å². The maximum absolute atomic E-state index is 12.9. The summed E-state index contributed by atoms with van der Waals surface area (Å²) in [7, 11) is 0. The Morgan fingerprint density at radius 1 is 1.21 bits per heavy atom. The van der Waals surface area contributed by atoms with Crippen molar-refractivity contribution in [1.82, 2.24) is 20.0 Å². The predicted molar refractivity (Wildman–Crippen MR) is 116 cm³/mol. The number of benzene rings is 1. The molecule has 2 unspecified atom stereocenters. The van der Waals surface area contributed by atoms with Crippen molar-refractivity contribution in [2.45, 2.75) is 63.9 Å². The molecule has 4 rings (SSSR count). The molecule has 0 aliphatic carbocycles. The van der Waals surface area contributed by atoms with Gasteiger partial charge < -0.3 is 15.3 Å². The molecule has 29 heavy (non-hydrogen) atoms. The van der Waals surface area contributed by atoms with Gasteiger partial charge in [-0.25, -0.2) is 0 Å². The second-order valence-electron chi connectivity index (χ2n) is 7.73. The van der Waals surface area contributed by atoms with Crippen LogP contribution in [0, 0.1) is 3.57 Å². The van der Waals surface area contributed by atoms with Crippen LogP contribution >= 0.6 is 22.6 Å². The molecule has 2 atom stereocenters. The molecule has 7 nitrogen and oxygen atoms in total. The molecule has 0 radical (unpaired) electrons. The number of rotatable bonds is 7. The van der Waals surface area contributed by atoms with Gasteiger partial charge in [0.2, 0.25) is 5.91 Å². The fraction of sp³-hybridized carbons (Fsp3) is 0.476. The van der Waals surface area contributed by atoms with Crippen LogP contribution in [0.3, 0.4) is 0 Å². The first-order valence-corrected chi connectivity index (χ1v) is 11.2. The number of nitrogens with zero attached hydrogens (tertiary/aromatic N) is 3. The molecule has 1 saturated heterocycles. The lowest BCUT2D eigenvalue weighted by atomic mass is 9.98. The lowest BCUT2D eigenvalue weighted by Crippen LogP contribution is -2.54. The molecule has 1 aromatic heterocycles. The van der Waals surface area contributed by atoms with E-state index in [2.05, 4.69) is 39.1 Å². The van der Waals surface area contributed by atoms with Gasteiger partial charge in [-0.15, -0.1) is 0 Å². The lowest BCUT2D eigenvalue weighted by molar-refractivity contribution is -0.132. The van der Waals surface area contributed by atoms with Crippen LogP contribution in [-0.2, 0) is 24.3 Å². The normalized spacial score (nSPS) is 21.4. The molecule has 2 aliphatic heterocycles. The average molecular weight is 508 g/mol. The highest BCUT2D eigenvalue weighted by Gasteiger charge is 2.39. The third kappa shape index (κ3) is 4.48. The molecule has 1 fully saturated rings. The first kappa shape index (κ1) is 20.3. The van der Waals surface area contributed by atoms with E-state index in [0.717, 1.165) is 41.4 Å². The van der Waals surface area contributed by atoms with Crippen molar-refractivity contribution < 1.29 is 14.7 Å². The third-order valence-electron chi connectivity index (χ3n) is 5.73. The van der Waals surface area contributed by atoms with E-state index in [4.69, 9.17) is 0 Å². The number of hydrogen-bond acceptors (Lipinski definition) is 4. The highest BCUT2D eigenvalue weighted by Crippen LogP contribution is 2.30. The molecule has 2 aliphatic rings. The average Bonchev–Trinajstić information content (AvgIpc) is 3.25. The van der Waals surface area contributed by atoms with Gasteiger partial charge >= 0.3 is 0 Å². The zero-order valence-electron chi connectivity index (χ0n) is 16.2. The second kappa shape index (κ2) is 8.83. The number of aromatic nitrogens is 2. The molecular weight excluding hydrogens is 483 g/mol. The molecule has 8 heteroatoms. The van der Waals surface area contributed by atoms with Crippen molar-refractivity contribution in [1.29, 1.82) is 0 Å². The smallest absolute Gasteiger partial charge is 0.255 e. The largest absolute Gasteiger partial charge is 0.374 e. The summed E-state index contributed by atoms with van der Waals surface area (Å²) in [5.74, 6) is -0.341. The summed E-state index contributed by atoms with van der Waals surface area (Å²) in [4.78, 5) is 26.8. The van der Waals surface area contributed by atoms with Crippen LogP contribution in [0.25, 0.3) is 0 Å². The second-order valence-corrected chi connectivity index (χ2v) is 8.97. The van der Waals surface area contributed by atoms with Crippen LogP contribution in [-0.4, -0.2) is 43.9 Å². The minimum Gasteiger partial charge on any atom is -0.374 e. The quantitative estimate of drug-likeness (QED) is 0.445. The Hall–Kier alpha value is -1.94. The van der Waals surface area contributed by atoms with Gasteiger partial charge in [0.05, 0.1) is 9.77 Å². The Kier molecular flexibility index (Phi) is 6.19. The number of aryl methyl sites for hydroxylation is 2. The number of amides is 2. The van der Waals surface area contributed by atoms with E-state index in [0.29, 0.717) is 24.9 Å². The number of piperidine rings is 1. The van der Waals surface area contributed by atoms with Crippen molar-refractivity contribution in [2.75, 3.05) is 0 Å². The standard InChI is InChI=1S/C21H25IN4O3/c22-15-11-23-25(12-15)10-3-1-2-5-14-6-4-7-16-17(14)13-26(21(16)29)18-8-9-19(27)24-20(18)28/h4,6-7,11-12,18-19,27H,1-3,5,8-10,13H2,(H,24,28). The number of carbonyl (C=O) groups excluding carboxylic acids is 2. The van der Waals surface area contributed by atoms with Crippen molar-refractivity contribution in [3.8, 4) is 0 Å². The Morgan fingerprint density at radius 3 is 2.83 bits per heavy atom. The molecule has 2 aromatic rings. The third-order valence-corrected chi connectivity index (χ3v) is 6.29. The van der Waals surface area contributed by atoms with E-state index in [-0.39, 0.29) is 11.8 Å². The first-order valence-electron chi connectivity index (χ1n) is 10.1. The van der Waals surface area contributed by atoms with E-state index < -0.39 is 12.3 Å². The summed E-state index contributed by atoms with van der Waals surface area (Å²) in [6.45, 7) is 1.40. The lowest BCUT2D eigenvalue weighted by Gasteiger charge is -2.32. The molecule has 154 valence electrons. The number of halogens is 1. The predicted octanol–water partition coefficient (Wildman–Crippen LogP) is 2.45. The van der Waals surface area contributed by atoms with Gasteiger partial charge in [0.25, 0.3) is 5.91 Å². The summed E-state index contributed by atoms with van der Waals surface area (Å²) in [5.41, 5.74) is 2.97. The Balaban J connectivity index is 1.35. The van der Waals surface area contributed by atoms with E-state index >= 15 is 0 Å². The highest BCUT2D eigenvalue weighted by molar-refractivity contribution is 14.1. The van der Waals surface area contributed by atoms with E-state index in [9.17, 15) is 14.7 Å². The van der Waals surface area contributed by atoms with Crippen LogP contribution in [0.1, 0.15) is 53.6 Å². The van der Waals surface area contributed by atoms with Gasteiger partial charge in [0.1, 0.15) is 12.3 Å². The van der Waals surface area contributed by atoms with Crippen LogP contribution in [0.4, 0.5) is 0 Å². The van der Waals surface area contributed by atoms with Crippen molar-refractivity contribution in [3.63, 3.8) is 0 Å². The maximum atomic E-state index is 12.9. The number of unbranched alkanes of at least 4 members (excludes halogenated alkanes) is 2. The molecule has 2 amide bonds. The molecule has 2 N–H and O–H groups in total. The fourth-order valence-corrected chi connectivity index (χ4v) is 4.65. The molecule has 1 aromatic carbocycles. The Labute approximate surface area is 183 Å². The Bertz CT molecular complexity index is 913. The summed E-state index contributed by atoms with van der Waals surface area (Å²) in [6, 6.07) is 5.39. The molecular formula is C21H25IN4O3. The van der Waals surface area contributed by atoms with Crippen LogP contribution < -0.4 is 5.32 Å². The van der Waals surface area contributed by atoms with Crippen molar-refractivity contribution in [2.24, 2.45) is 0 Å². The number of aliphatic hydroxyl groups is 1. The van der Waals surface area contributed by atoms with Gasteiger partial charge in [0.15, 0.2) is 0 Å². The van der Waals surface area contributed by atoms with Gasteiger partial charge in [0, 0.05) is 24.8 Å². The zero-order chi connectivity index (χ0) is 20.4. The molecule has 0 spiro atoms. The Morgan fingerprint density at radius 2 is 2.07 bits per heavy atom. The monoisotopic (exact) mass is 508 g/mol. The summed E-state index contributed by atoms with van der Waals surface area (Å²) in [6.07, 6.45) is 8.22. The number of hydrogen-bond donors (Lipinski definition) is 2. The van der Waals surface area contributed by atoms with Gasteiger partial charge in [-0.1, -0.05) is 18.6 Å². The maximum Gasteiger partial charge on any atom is 0.255 e.